The van der Waals surface area contributed by atoms with Gasteiger partial charge in [-0.2, -0.15) is 0 Å². The Labute approximate surface area is 153 Å². The number of rotatable bonds is 4. The van der Waals surface area contributed by atoms with E-state index >= 15 is 0 Å². The number of methoxy groups -OCH3 is 2. The molecular formula is C22H18O2Se. The molecule has 0 unspecified atom stereocenters. The molecule has 0 saturated heterocycles. The van der Waals surface area contributed by atoms with E-state index in [9.17, 15) is 0 Å². The van der Waals surface area contributed by atoms with Gasteiger partial charge in [-0.25, -0.2) is 0 Å². The van der Waals surface area contributed by atoms with Gasteiger partial charge < -0.3 is 0 Å². The van der Waals surface area contributed by atoms with Gasteiger partial charge in [-0.3, -0.25) is 0 Å². The molecule has 4 rings (SSSR count). The molecule has 0 bridgehead atoms. The van der Waals surface area contributed by atoms with Gasteiger partial charge in [-0.05, 0) is 0 Å². The van der Waals surface area contributed by atoms with E-state index in [-0.39, 0.29) is 15.0 Å². The molecule has 0 spiro atoms. The summed E-state index contributed by atoms with van der Waals surface area (Å²) in [6.07, 6.45) is 0. The Balaban J connectivity index is 1.68. The van der Waals surface area contributed by atoms with Crippen LogP contribution in [0.2, 0.25) is 0 Å². The Kier molecular flexibility index (Phi) is 4.35. The van der Waals surface area contributed by atoms with E-state index in [1.165, 1.54) is 30.5 Å². The van der Waals surface area contributed by atoms with Crippen LogP contribution in [0.1, 0.15) is 0 Å². The molecule has 0 amide bonds. The van der Waals surface area contributed by atoms with Gasteiger partial charge >= 0.3 is 153 Å². The van der Waals surface area contributed by atoms with E-state index < -0.39 is 0 Å². The summed E-state index contributed by atoms with van der Waals surface area (Å²) in [7, 11) is 3.41. The summed E-state index contributed by atoms with van der Waals surface area (Å²) < 4.78 is 13.4. The van der Waals surface area contributed by atoms with Gasteiger partial charge in [-0.1, -0.05) is 0 Å². The van der Waals surface area contributed by atoms with Crippen molar-refractivity contribution < 1.29 is 9.47 Å². The van der Waals surface area contributed by atoms with Crippen LogP contribution in [-0.4, -0.2) is 29.2 Å². The van der Waals surface area contributed by atoms with E-state index in [1.807, 2.05) is 12.1 Å². The van der Waals surface area contributed by atoms with Crippen LogP contribution in [0.25, 0.3) is 21.5 Å². The zero-order chi connectivity index (χ0) is 17.2. The van der Waals surface area contributed by atoms with Crippen molar-refractivity contribution in [3.05, 3.63) is 72.8 Å². The Morgan fingerprint density at radius 1 is 0.520 bits per heavy atom. The van der Waals surface area contributed by atoms with E-state index in [4.69, 9.17) is 9.47 Å². The van der Waals surface area contributed by atoms with Crippen LogP contribution in [0.4, 0.5) is 0 Å². The van der Waals surface area contributed by atoms with E-state index in [1.54, 1.807) is 14.2 Å². The van der Waals surface area contributed by atoms with Gasteiger partial charge in [0.25, 0.3) is 0 Å². The first-order valence-electron chi connectivity index (χ1n) is 8.09. The molecule has 0 fully saturated rings. The molecule has 0 radical (unpaired) electrons. The molecule has 4 aromatic carbocycles. The fourth-order valence-corrected chi connectivity index (χ4v) is 4.84. The first-order valence-corrected chi connectivity index (χ1v) is 9.80. The van der Waals surface area contributed by atoms with Crippen LogP contribution in [-0.2, 0) is 0 Å². The van der Waals surface area contributed by atoms with E-state index in [2.05, 4.69) is 60.7 Å². The summed E-state index contributed by atoms with van der Waals surface area (Å²) >= 11 is 0.258. The summed E-state index contributed by atoms with van der Waals surface area (Å²) in [5, 5.41) is 4.93. The zero-order valence-corrected chi connectivity index (χ0v) is 15.9. The molecule has 0 heterocycles. The predicted octanol–water partition coefficient (Wildman–Crippen LogP) is 3.67. The molecule has 124 valence electrons. The topological polar surface area (TPSA) is 18.5 Å². The minimum absolute atomic E-state index is 0.258. The summed E-state index contributed by atoms with van der Waals surface area (Å²) in [6.45, 7) is 0. The van der Waals surface area contributed by atoms with Crippen molar-refractivity contribution in [1.29, 1.82) is 0 Å². The normalized spacial score (nSPS) is 11.0. The summed E-state index contributed by atoms with van der Waals surface area (Å²) in [5.41, 5.74) is 0. The maximum atomic E-state index is 5.34. The molecule has 3 heteroatoms. The van der Waals surface area contributed by atoms with Crippen LogP contribution in [0.15, 0.2) is 72.8 Å². The first-order chi connectivity index (χ1) is 12.2. The van der Waals surface area contributed by atoms with Crippen LogP contribution in [0.5, 0.6) is 11.5 Å². The van der Waals surface area contributed by atoms with Crippen LogP contribution in [0.3, 0.4) is 0 Å². The molecule has 25 heavy (non-hydrogen) atoms. The Morgan fingerprint density at radius 2 is 0.960 bits per heavy atom. The van der Waals surface area contributed by atoms with Crippen molar-refractivity contribution in [2.24, 2.45) is 0 Å². The molecule has 0 aliphatic rings. The van der Waals surface area contributed by atoms with Crippen molar-refractivity contribution in [3.8, 4) is 11.5 Å². The molecule has 2 nitrogen and oxygen atoms in total. The van der Waals surface area contributed by atoms with E-state index in [0.29, 0.717) is 0 Å². The van der Waals surface area contributed by atoms with Crippen molar-refractivity contribution in [1.82, 2.24) is 0 Å². The average molecular weight is 393 g/mol. The maximum absolute atomic E-state index is 5.34. The third-order valence-corrected chi connectivity index (χ3v) is 6.33. The van der Waals surface area contributed by atoms with Gasteiger partial charge in [0, 0.05) is 0 Å². The number of hydrogen-bond donors (Lipinski definition) is 0. The van der Waals surface area contributed by atoms with Crippen LogP contribution >= 0.6 is 0 Å². The fraction of sp³-hybridized carbons (Fsp3) is 0.0909. The first kappa shape index (κ1) is 16.0. The van der Waals surface area contributed by atoms with Gasteiger partial charge in [0.1, 0.15) is 0 Å². The zero-order valence-electron chi connectivity index (χ0n) is 14.2. The third-order valence-electron chi connectivity index (χ3n) is 4.27. The van der Waals surface area contributed by atoms with Gasteiger partial charge in [0.05, 0.1) is 0 Å². The van der Waals surface area contributed by atoms with Crippen molar-refractivity contribution in [2.75, 3.05) is 14.2 Å². The molecule has 0 N–H and O–H groups in total. The van der Waals surface area contributed by atoms with Gasteiger partial charge in [0.15, 0.2) is 0 Å². The molecular weight excluding hydrogens is 375 g/mol. The fourth-order valence-electron chi connectivity index (χ4n) is 2.92. The predicted molar refractivity (Wildman–Crippen MR) is 106 cm³/mol. The average Bonchev–Trinajstić information content (AvgIpc) is 2.66. The minimum atomic E-state index is 0.258. The summed E-state index contributed by atoms with van der Waals surface area (Å²) in [5.74, 6) is 1.80. The molecule has 4 aromatic rings. The van der Waals surface area contributed by atoms with Gasteiger partial charge in [0.2, 0.25) is 0 Å². The second-order valence-corrected chi connectivity index (χ2v) is 8.26. The van der Waals surface area contributed by atoms with Crippen molar-refractivity contribution in [2.45, 2.75) is 0 Å². The third kappa shape index (κ3) is 3.34. The van der Waals surface area contributed by atoms with Crippen molar-refractivity contribution in [3.63, 3.8) is 0 Å². The molecule has 0 aliphatic heterocycles. The van der Waals surface area contributed by atoms with Gasteiger partial charge in [-0.15, -0.1) is 0 Å². The van der Waals surface area contributed by atoms with Crippen molar-refractivity contribution >= 4 is 45.4 Å². The number of ether oxygens (including phenoxy) is 2. The van der Waals surface area contributed by atoms with Crippen LogP contribution < -0.4 is 18.4 Å². The van der Waals surface area contributed by atoms with E-state index in [0.717, 1.165) is 11.5 Å². The molecule has 0 saturated carbocycles. The Hall–Kier alpha value is -2.48. The summed E-state index contributed by atoms with van der Waals surface area (Å²) in [4.78, 5) is 0. The quantitative estimate of drug-likeness (QED) is 0.493. The molecule has 0 aliphatic carbocycles. The second kappa shape index (κ2) is 6.79. The second-order valence-electron chi connectivity index (χ2n) is 5.85. The SMILES string of the molecule is COc1ccc2ccc([Se]c3ccc4ccc(OC)cc4c3)cc2c1. The Bertz CT molecular complexity index is 971. The molecule has 0 atom stereocenters. The monoisotopic (exact) mass is 394 g/mol. The Morgan fingerprint density at radius 3 is 1.40 bits per heavy atom. The number of benzene rings is 4. The van der Waals surface area contributed by atoms with Crippen LogP contribution in [0, 0.1) is 0 Å². The molecule has 0 aromatic heterocycles. The summed E-state index contributed by atoms with van der Waals surface area (Å²) in [6, 6.07) is 25.8. The number of hydrogen-bond acceptors (Lipinski definition) is 2. The standard InChI is InChI=1S/C22H18O2Se/c1-23-19-7-3-15-5-9-21(13-17(15)11-19)25-22-10-6-16-4-8-20(24-2)12-18(16)14-22/h3-14H,1-2H3. The number of fused-ring (bicyclic) bond motifs is 2.